The van der Waals surface area contributed by atoms with E-state index in [9.17, 15) is 4.79 Å². The Morgan fingerprint density at radius 1 is 1.39 bits per heavy atom. The van der Waals surface area contributed by atoms with E-state index in [1.165, 1.54) is 6.07 Å². The fourth-order valence-electron chi connectivity index (χ4n) is 2.16. The van der Waals surface area contributed by atoms with Crippen LogP contribution in [-0.2, 0) is 17.8 Å². The Balaban J connectivity index is 2.08. The predicted molar refractivity (Wildman–Crippen MR) is 62.3 cm³/mol. The molecule has 1 aliphatic heterocycles. The van der Waals surface area contributed by atoms with Crippen molar-refractivity contribution in [1.82, 2.24) is 5.16 Å². The average molecular weight is 245 g/mol. The van der Waals surface area contributed by atoms with Crippen LogP contribution in [-0.4, -0.2) is 22.8 Å². The summed E-state index contributed by atoms with van der Waals surface area (Å²) < 4.78 is 10.2. The van der Waals surface area contributed by atoms with E-state index < -0.39 is 5.97 Å². The number of hydrogen-bond acceptors (Lipinski definition) is 4. The lowest BCUT2D eigenvalue weighted by molar-refractivity contribution is 0.0652. The number of fused-ring (bicyclic) bond motifs is 1. The van der Waals surface area contributed by atoms with E-state index in [-0.39, 0.29) is 5.76 Å². The standard InChI is InChI=1S/C13H11NO4/c15-13(16)12-6-11(14-18-12)10-3-1-2-8-7-17-5-4-9(8)10/h1-3,6H,4-5,7H2,(H,15,16). The van der Waals surface area contributed by atoms with Gasteiger partial charge in [0.05, 0.1) is 13.2 Å². The Kier molecular flexibility index (Phi) is 2.60. The highest BCUT2D eigenvalue weighted by atomic mass is 16.5. The van der Waals surface area contributed by atoms with Crippen molar-refractivity contribution in [1.29, 1.82) is 0 Å². The zero-order valence-electron chi connectivity index (χ0n) is 9.55. The smallest absolute Gasteiger partial charge is 0.374 e. The third kappa shape index (κ3) is 1.78. The maximum atomic E-state index is 10.8. The van der Waals surface area contributed by atoms with Crippen LogP contribution in [0, 0.1) is 0 Å². The van der Waals surface area contributed by atoms with Crippen LogP contribution in [0.25, 0.3) is 11.3 Å². The molecule has 5 heteroatoms. The lowest BCUT2D eigenvalue weighted by Gasteiger charge is -2.18. The summed E-state index contributed by atoms with van der Waals surface area (Å²) >= 11 is 0. The van der Waals surface area contributed by atoms with Gasteiger partial charge in [0.25, 0.3) is 0 Å². The molecule has 2 aromatic rings. The summed E-state index contributed by atoms with van der Waals surface area (Å²) in [5.74, 6) is -1.25. The molecule has 0 aliphatic carbocycles. The van der Waals surface area contributed by atoms with Gasteiger partial charge in [-0.25, -0.2) is 4.79 Å². The molecule has 1 aromatic carbocycles. The number of nitrogens with zero attached hydrogens (tertiary/aromatic N) is 1. The van der Waals surface area contributed by atoms with Gasteiger partial charge in [0.1, 0.15) is 5.69 Å². The topological polar surface area (TPSA) is 72.6 Å². The van der Waals surface area contributed by atoms with Crippen molar-refractivity contribution < 1.29 is 19.2 Å². The lowest BCUT2D eigenvalue weighted by Crippen LogP contribution is -2.10. The number of aromatic carboxylic acids is 1. The third-order valence-corrected chi connectivity index (χ3v) is 3.02. The molecule has 0 spiro atoms. The fourth-order valence-corrected chi connectivity index (χ4v) is 2.16. The SMILES string of the molecule is O=C(O)c1cc(-c2cccc3c2CCOC3)no1. The van der Waals surface area contributed by atoms with Crippen molar-refractivity contribution in [3.05, 3.63) is 41.2 Å². The number of benzene rings is 1. The molecular formula is C13H11NO4. The molecule has 3 rings (SSSR count). The molecule has 0 bridgehead atoms. The number of rotatable bonds is 2. The second-order valence-corrected chi connectivity index (χ2v) is 4.13. The van der Waals surface area contributed by atoms with Crippen LogP contribution in [0.5, 0.6) is 0 Å². The quantitative estimate of drug-likeness (QED) is 0.877. The monoisotopic (exact) mass is 245 g/mol. The third-order valence-electron chi connectivity index (χ3n) is 3.02. The number of ether oxygens (including phenoxy) is 1. The van der Waals surface area contributed by atoms with Crippen LogP contribution in [0.2, 0.25) is 0 Å². The van der Waals surface area contributed by atoms with E-state index in [1.54, 1.807) is 0 Å². The summed E-state index contributed by atoms with van der Waals surface area (Å²) in [4.78, 5) is 10.8. The van der Waals surface area contributed by atoms with E-state index in [0.29, 0.717) is 18.9 Å². The Labute approximate surface area is 103 Å². The molecule has 1 N–H and O–H groups in total. The van der Waals surface area contributed by atoms with Crippen LogP contribution in [0.4, 0.5) is 0 Å². The largest absolute Gasteiger partial charge is 0.475 e. The molecule has 18 heavy (non-hydrogen) atoms. The number of hydrogen-bond donors (Lipinski definition) is 1. The molecule has 0 atom stereocenters. The highest BCUT2D eigenvalue weighted by molar-refractivity contribution is 5.86. The molecule has 1 aromatic heterocycles. The molecule has 2 heterocycles. The van der Waals surface area contributed by atoms with Crippen molar-refractivity contribution in [2.45, 2.75) is 13.0 Å². The Morgan fingerprint density at radius 3 is 3.06 bits per heavy atom. The van der Waals surface area contributed by atoms with E-state index in [0.717, 1.165) is 23.1 Å². The Morgan fingerprint density at radius 2 is 2.28 bits per heavy atom. The molecule has 0 amide bonds. The van der Waals surface area contributed by atoms with E-state index >= 15 is 0 Å². The zero-order valence-corrected chi connectivity index (χ0v) is 9.55. The number of carboxylic acids is 1. The normalized spacial score (nSPS) is 14.2. The van der Waals surface area contributed by atoms with E-state index in [4.69, 9.17) is 14.4 Å². The first kappa shape index (κ1) is 11.0. The highest BCUT2D eigenvalue weighted by Crippen LogP contribution is 2.29. The minimum absolute atomic E-state index is 0.144. The van der Waals surface area contributed by atoms with Gasteiger partial charge in [0.2, 0.25) is 5.76 Å². The van der Waals surface area contributed by atoms with Crippen LogP contribution in [0.15, 0.2) is 28.8 Å². The number of carboxylic acid groups (broad SMARTS) is 1. The second kappa shape index (κ2) is 4.27. The van der Waals surface area contributed by atoms with Gasteiger partial charge in [-0.1, -0.05) is 23.4 Å². The van der Waals surface area contributed by atoms with Gasteiger partial charge in [0, 0.05) is 11.6 Å². The molecular weight excluding hydrogens is 234 g/mol. The van der Waals surface area contributed by atoms with Crippen molar-refractivity contribution >= 4 is 5.97 Å². The summed E-state index contributed by atoms with van der Waals surface area (Å²) in [6, 6.07) is 7.30. The van der Waals surface area contributed by atoms with Gasteiger partial charge in [-0.05, 0) is 17.5 Å². The summed E-state index contributed by atoms with van der Waals surface area (Å²) in [6.07, 6.45) is 0.806. The molecule has 5 nitrogen and oxygen atoms in total. The maximum absolute atomic E-state index is 10.8. The Hall–Kier alpha value is -2.14. The molecule has 0 fully saturated rings. The van der Waals surface area contributed by atoms with Gasteiger partial charge >= 0.3 is 5.97 Å². The molecule has 0 unspecified atom stereocenters. The molecule has 0 radical (unpaired) electrons. The van der Waals surface area contributed by atoms with E-state index in [1.807, 2.05) is 18.2 Å². The average Bonchev–Trinajstić information content (AvgIpc) is 2.87. The fraction of sp³-hybridized carbons (Fsp3) is 0.231. The first-order valence-corrected chi connectivity index (χ1v) is 5.64. The second-order valence-electron chi connectivity index (χ2n) is 4.13. The molecule has 1 aliphatic rings. The van der Waals surface area contributed by atoms with Gasteiger partial charge in [0.15, 0.2) is 0 Å². The summed E-state index contributed by atoms with van der Waals surface area (Å²) in [7, 11) is 0. The highest BCUT2D eigenvalue weighted by Gasteiger charge is 2.18. The van der Waals surface area contributed by atoms with Gasteiger partial charge in [-0.2, -0.15) is 0 Å². The van der Waals surface area contributed by atoms with Crippen molar-refractivity contribution in [2.24, 2.45) is 0 Å². The minimum atomic E-state index is -1.11. The van der Waals surface area contributed by atoms with Crippen molar-refractivity contribution in [2.75, 3.05) is 6.61 Å². The maximum Gasteiger partial charge on any atom is 0.374 e. The summed E-state index contributed by atoms with van der Waals surface area (Å²) in [5, 5.41) is 12.6. The number of aromatic nitrogens is 1. The first-order valence-electron chi connectivity index (χ1n) is 5.64. The van der Waals surface area contributed by atoms with Crippen molar-refractivity contribution in [3.63, 3.8) is 0 Å². The minimum Gasteiger partial charge on any atom is -0.475 e. The van der Waals surface area contributed by atoms with Crippen LogP contribution in [0.1, 0.15) is 21.7 Å². The molecule has 0 saturated heterocycles. The molecule has 92 valence electrons. The van der Waals surface area contributed by atoms with E-state index in [2.05, 4.69) is 5.16 Å². The first-order chi connectivity index (χ1) is 8.75. The predicted octanol–water partition coefficient (Wildman–Crippen LogP) is 2.11. The van der Waals surface area contributed by atoms with Gasteiger partial charge in [-0.15, -0.1) is 0 Å². The van der Waals surface area contributed by atoms with Crippen molar-refractivity contribution in [3.8, 4) is 11.3 Å². The molecule has 0 saturated carbocycles. The number of carbonyl (C=O) groups is 1. The zero-order chi connectivity index (χ0) is 12.5. The van der Waals surface area contributed by atoms with Crippen LogP contribution < -0.4 is 0 Å². The summed E-state index contributed by atoms with van der Waals surface area (Å²) in [5.41, 5.74) is 3.77. The van der Waals surface area contributed by atoms with Crippen LogP contribution in [0.3, 0.4) is 0 Å². The lowest BCUT2D eigenvalue weighted by atomic mass is 9.95. The summed E-state index contributed by atoms with van der Waals surface area (Å²) in [6.45, 7) is 1.26. The van der Waals surface area contributed by atoms with Gasteiger partial charge < -0.3 is 14.4 Å². The Bertz CT molecular complexity index is 603. The van der Waals surface area contributed by atoms with Gasteiger partial charge in [-0.3, -0.25) is 0 Å². The van der Waals surface area contributed by atoms with Crippen LogP contribution >= 0.6 is 0 Å².